The zero-order valence-corrected chi connectivity index (χ0v) is 16.1. The van der Waals surface area contributed by atoms with E-state index < -0.39 is 18.4 Å². The van der Waals surface area contributed by atoms with E-state index in [9.17, 15) is 0 Å². The Morgan fingerprint density at radius 3 is 0.680 bits per heavy atom. The molecule has 0 aromatic heterocycles. The first kappa shape index (κ1) is 16.1. The molecule has 0 fully saturated rings. The van der Waals surface area contributed by atoms with Crippen molar-refractivity contribution >= 4 is 0 Å². The Kier molecular flexibility index (Phi) is 4.66. The van der Waals surface area contributed by atoms with E-state index >= 15 is 0 Å². The Morgan fingerprint density at radius 2 is 0.480 bits per heavy atom. The van der Waals surface area contributed by atoms with Crippen molar-refractivity contribution in [2.45, 2.75) is 0 Å². The van der Waals surface area contributed by atoms with Crippen LogP contribution in [0.15, 0.2) is 121 Å². The molecule has 0 spiro atoms. The van der Waals surface area contributed by atoms with Crippen LogP contribution < -0.4 is 18.4 Å². The maximum absolute atomic E-state index is 2.88. The van der Waals surface area contributed by atoms with Crippen molar-refractivity contribution in [2.75, 3.05) is 0 Å². The van der Waals surface area contributed by atoms with Gasteiger partial charge in [0.1, 0.15) is 0 Å². The molecule has 0 atom stereocenters. The second-order valence-electron chi connectivity index (χ2n) is 5.75. The fourth-order valence-electron chi connectivity index (χ4n) is 3.17. The molecule has 4 aromatic carbocycles. The average Bonchev–Trinajstić information content (AvgIpc) is 2.72. The molecule has 0 N–H and O–H groups in total. The summed E-state index contributed by atoms with van der Waals surface area (Å²) in [6, 6.07) is 44.3. The number of hydrogen-bond donors (Lipinski definition) is 0. The van der Waals surface area contributed by atoms with Crippen LogP contribution in [0.2, 0.25) is 0 Å². The van der Waals surface area contributed by atoms with Gasteiger partial charge in [0.05, 0.1) is 0 Å². The minimum atomic E-state index is -2.88. The van der Waals surface area contributed by atoms with Gasteiger partial charge in [0.25, 0.3) is 0 Å². The fraction of sp³-hybridized carbons (Fsp3) is 0. The first-order chi connectivity index (χ1) is 12.4. The number of rotatable bonds is 4. The van der Waals surface area contributed by atoms with Crippen molar-refractivity contribution in [1.82, 2.24) is 0 Å². The predicted octanol–water partition coefficient (Wildman–Crippen LogP) is 2.63. The summed E-state index contributed by atoms with van der Waals surface area (Å²) in [6.07, 6.45) is 0. The van der Waals surface area contributed by atoms with E-state index in [4.69, 9.17) is 0 Å². The summed E-state index contributed by atoms with van der Waals surface area (Å²) in [5, 5.41) is 0. The van der Waals surface area contributed by atoms with E-state index in [1.165, 1.54) is 14.3 Å². The number of hydrogen-bond acceptors (Lipinski definition) is 0. The molecule has 0 aliphatic rings. The Balaban J connectivity index is 2.13. The average molecular weight is 435 g/mol. The van der Waals surface area contributed by atoms with Gasteiger partial charge < -0.3 is 0 Å². The zero-order chi connectivity index (χ0) is 17.0. The van der Waals surface area contributed by atoms with E-state index in [2.05, 4.69) is 121 Å². The van der Waals surface area contributed by atoms with Crippen LogP contribution >= 0.6 is 0 Å². The topological polar surface area (TPSA) is 0 Å². The zero-order valence-electron chi connectivity index (χ0n) is 13.9. The summed E-state index contributed by atoms with van der Waals surface area (Å²) in [5.74, 6) is 0. The van der Waals surface area contributed by atoms with Crippen LogP contribution in [0, 0.1) is 14.3 Å². The van der Waals surface area contributed by atoms with Crippen molar-refractivity contribution in [1.29, 1.82) is 0 Å². The molecule has 0 radical (unpaired) electrons. The fourth-order valence-corrected chi connectivity index (χ4v) is 13.5. The molecule has 4 rings (SSSR count). The van der Waals surface area contributed by atoms with E-state index in [1.54, 1.807) is 0 Å². The quantitative estimate of drug-likeness (QED) is 0.433. The monoisotopic (exact) mass is 435 g/mol. The molecule has 0 heterocycles. The van der Waals surface area contributed by atoms with E-state index in [0.717, 1.165) is 0 Å². The molecule has 1 heteroatoms. The van der Waals surface area contributed by atoms with Crippen LogP contribution in [-0.4, -0.2) is 0 Å². The summed E-state index contributed by atoms with van der Waals surface area (Å²) >= 11 is -2.88. The molecule has 4 aromatic rings. The third-order valence-electron chi connectivity index (χ3n) is 4.24. The van der Waals surface area contributed by atoms with Crippen molar-refractivity contribution in [3.63, 3.8) is 0 Å². The molecule has 0 saturated heterocycles. The maximum atomic E-state index is 2.31. The molecule has 0 aliphatic heterocycles. The Morgan fingerprint density at radius 1 is 0.280 bits per heavy atom. The van der Waals surface area contributed by atoms with Gasteiger partial charge in [-0.15, -0.1) is 0 Å². The van der Waals surface area contributed by atoms with Gasteiger partial charge in [0.15, 0.2) is 0 Å². The van der Waals surface area contributed by atoms with Crippen molar-refractivity contribution < 1.29 is 18.4 Å². The molecular formula is C24H20I-. The van der Waals surface area contributed by atoms with Crippen LogP contribution in [0.25, 0.3) is 0 Å². The summed E-state index contributed by atoms with van der Waals surface area (Å²) in [4.78, 5) is 0. The van der Waals surface area contributed by atoms with Gasteiger partial charge in [-0.1, -0.05) is 0 Å². The molecular weight excluding hydrogens is 415 g/mol. The number of benzene rings is 4. The van der Waals surface area contributed by atoms with Crippen LogP contribution in [0.4, 0.5) is 0 Å². The minimum absolute atomic E-state index is 1.46. The van der Waals surface area contributed by atoms with E-state index in [0.29, 0.717) is 0 Å². The number of halogens is 1. The van der Waals surface area contributed by atoms with Gasteiger partial charge in [-0.3, -0.25) is 0 Å². The van der Waals surface area contributed by atoms with Crippen LogP contribution in [-0.2, 0) is 0 Å². The SMILES string of the molecule is c1ccc([I-](c2ccccc2)(c2ccccc2)c2ccccc2)cc1. The van der Waals surface area contributed by atoms with Crippen LogP contribution in [0.1, 0.15) is 0 Å². The first-order valence-corrected chi connectivity index (χ1v) is 12.7. The summed E-state index contributed by atoms with van der Waals surface area (Å²) < 4.78 is 5.83. The molecule has 124 valence electrons. The van der Waals surface area contributed by atoms with Gasteiger partial charge >= 0.3 is 154 Å². The molecule has 0 nitrogen and oxygen atoms in total. The van der Waals surface area contributed by atoms with Crippen molar-refractivity contribution in [2.24, 2.45) is 0 Å². The molecule has 0 saturated carbocycles. The van der Waals surface area contributed by atoms with Gasteiger partial charge in [0, 0.05) is 0 Å². The third-order valence-corrected chi connectivity index (χ3v) is 14.6. The first-order valence-electron chi connectivity index (χ1n) is 8.40. The van der Waals surface area contributed by atoms with Crippen LogP contribution in [0.5, 0.6) is 0 Å². The van der Waals surface area contributed by atoms with E-state index in [-0.39, 0.29) is 0 Å². The second-order valence-corrected chi connectivity index (χ2v) is 14.0. The molecule has 25 heavy (non-hydrogen) atoms. The molecule has 0 aliphatic carbocycles. The Hall–Kier alpha value is -2.39. The van der Waals surface area contributed by atoms with Gasteiger partial charge in [0.2, 0.25) is 0 Å². The van der Waals surface area contributed by atoms with Crippen LogP contribution in [0.3, 0.4) is 0 Å². The van der Waals surface area contributed by atoms with Gasteiger partial charge in [-0.25, -0.2) is 0 Å². The summed E-state index contributed by atoms with van der Waals surface area (Å²) in [7, 11) is 0. The van der Waals surface area contributed by atoms with Gasteiger partial charge in [-0.2, -0.15) is 0 Å². The molecule has 0 bridgehead atoms. The standard InChI is InChI=1S/C24H20I/c1-5-13-21(14-6-1)25(22-15-7-2-8-16-22,23-17-9-3-10-18-23)24-19-11-4-12-20-24/h1-20H/q-1. The predicted molar refractivity (Wildman–Crippen MR) is 101 cm³/mol. The molecule has 0 unspecified atom stereocenters. The van der Waals surface area contributed by atoms with E-state index in [1.807, 2.05) is 0 Å². The Bertz CT molecular complexity index is 753. The van der Waals surface area contributed by atoms with Crippen molar-refractivity contribution in [3.05, 3.63) is 136 Å². The second kappa shape index (κ2) is 7.24. The molecule has 0 amide bonds. The van der Waals surface area contributed by atoms with Crippen molar-refractivity contribution in [3.8, 4) is 0 Å². The van der Waals surface area contributed by atoms with Gasteiger partial charge in [-0.05, 0) is 0 Å². The Labute approximate surface area is 153 Å². The third kappa shape index (κ3) is 2.89. The normalized spacial score (nSPS) is 11.8. The summed E-state index contributed by atoms with van der Waals surface area (Å²) in [5.41, 5.74) is 0. The summed E-state index contributed by atoms with van der Waals surface area (Å²) in [6.45, 7) is 0.